The number of methoxy groups -OCH3 is 2. The summed E-state index contributed by atoms with van der Waals surface area (Å²) in [6.07, 6.45) is 5.68. The van der Waals surface area contributed by atoms with Crippen LogP contribution in [0, 0.1) is 0 Å². The van der Waals surface area contributed by atoms with Crippen molar-refractivity contribution in [2.24, 2.45) is 0 Å². The van der Waals surface area contributed by atoms with E-state index in [1.807, 2.05) is 0 Å². The molecule has 0 aliphatic carbocycles. The van der Waals surface area contributed by atoms with E-state index in [0.717, 1.165) is 5.56 Å². The molecular formula is C20H18O6. The van der Waals surface area contributed by atoms with E-state index in [-0.39, 0.29) is 11.5 Å². The molecule has 2 aromatic carbocycles. The molecule has 0 radical (unpaired) electrons. The third-order valence-corrected chi connectivity index (χ3v) is 3.32. The molecule has 2 aromatic rings. The van der Waals surface area contributed by atoms with Gasteiger partial charge in [0.15, 0.2) is 11.5 Å². The van der Waals surface area contributed by atoms with Crippen molar-refractivity contribution in [2.75, 3.05) is 14.2 Å². The minimum Gasteiger partial charge on any atom is -0.508 e. The second-order valence-corrected chi connectivity index (χ2v) is 5.11. The van der Waals surface area contributed by atoms with Gasteiger partial charge in [0.25, 0.3) is 0 Å². The number of carbonyl (C=O) groups is 2. The van der Waals surface area contributed by atoms with E-state index in [2.05, 4.69) is 4.74 Å². The molecule has 6 nitrogen and oxygen atoms in total. The van der Waals surface area contributed by atoms with Gasteiger partial charge in [0.1, 0.15) is 5.75 Å². The summed E-state index contributed by atoms with van der Waals surface area (Å²) in [5.41, 5.74) is 1.43. The van der Waals surface area contributed by atoms with Crippen molar-refractivity contribution in [3.8, 4) is 17.2 Å². The number of phenolic OH excluding ortho intramolecular Hbond substituents is 1. The standard InChI is InChI=1S/C20H18O6/c1-24-18-13-15(7-11-19(22)25-2)5-10-17(18)26-20(23)12-6-14-3-8-16(21)9-4-14/h3-13,21H,1-2H3. The molecule has 0 bridgehead atoms. The number of hydrogen-bond donors (Lipinski definition) is 1. The van der Waals surface area contributed by atoms with Crippen molar-refractivity contribution in [2.45, 2.75) is 0 Å². The molecule has 0 unspecified atom stereocenters. The first kappa shape index (κ1) is 18.8. The summed E-state index contributed by atoms with van der Waals surface area (Å²) >= 11 is 0. The first-order chi connectivity index (χ1) is 12.5. The van der Waals surface area contributed by atoms with E-state index in [4.69, 9.17) is 9.47 Å². The number of hydrogen-bond acceptors (Lipinski definition) is 6. The number of benzene rings is 2. The van der Waals surface area contributed by atoms with Gasteiger partial charge < -0.3 is 19.3 Å². The zero-order valence-electron chi connectivity index (χ0n) is 14.3. The largest absolute Gasteiger partial charge is 0.508 e. The lowest BCUT2D eigenvalue weighted by Gasteiger charge is -2.08. The van der Waals surface area contributed by atoms with Crippen LogP contribution >= 0.6 is 0 Å². The summed E-state index contributed by atoms with van der Waals surface area (Å²) in [5, 5.41) is 9.23. The summed E-state index contributed by atoms with van der Waals surface area (Å²) in [4.78, 5) is 23.1. The Morgan fingerprint density at radius 3 is 2.12 bits per heavy atom. The Balaban J connectivity index is 2.08. The highest BCUT2D eigenvalue weighted by Gasteiger charge is 2.08. The molecule has 6 heteroatoms. The molecule has 0 aliphatic rings. The van der Waals surface area contributed by atoms with Crippen LogP contribution in [0.3, 0.4) is 0 Å². The molecule has 2 rings (SSSR count). The van der Waals surface area contributed by atoms with Gasteiger partial charge in [0.2, 0.25) is 0 Å². The first-order valence-corrected chi connectivity index (χ1v) is 7.65. The maximum atomic E-state index is 12.0. The molecule has 134 valence electrons. The summed E-state index contributed by atoms with van der Waals surface area (Å²) in [7, 11) is 2.74. The fourth-order valence-electron chi connectivity index (χ4n) is 2.00. The monoisotopic (exact) mass is 354 g/mol. The predicted molar refractivity (Wildman–Crippen MR) is 96.8 cm³/mol. The molecular weight excluding hydrogens is 336 g/mol. The highest BCUT2D eigenvalue weighted by atomic mass is 16.6. The van der Waals surface area contributed by atoms with Crippen LogP contribution in [0.1, 0.15) is 11.1 Å². The smallest absolute Gasteiger partial charge is 0.336 e. The van der Waals surface area contributed by atoms with E-state index >= 15 is 0 Å². The Bertz CT molecular complexity index is 834. The molecule has 0 saturated heterocycles. The normalized spacial score (nSPS) is 10.8. The first-order valence-electron chi connectivity index (χ1n) is 7.65. The van der Waals surface area contributed by atoms with Gasteiger partial charge in [-0.1, -0.05) is 18.2 Å². The van der Waals surface area contributed by atoms with Crippen molar-refractivity contribution in [1.29, 1.82) is 0 Å². The minimum atomic E-state index is -0.575. The van der Waals surface area contributed by atoms with E-state index in [1.54, 1.807) is 42.5 Å². The molecule has 0 atom stereocenters. The number of rotatable bonds is 6. The maximum Gasteiger partial charge on any atom is 0.336 e. The van der Waals surface area contributed by atoms with Gasteiger partial charge in [-0.3, -0.25) is 0 Å². The van der Waals surface area contributed by atoms with Crippen LogP contribution in [-0.4, -0.2) is 31.3 Å². The fourth-order valence-corrected chi connectivity index (χ4v) is 2.00. The van der Waals surface area contributed by atoms with Crippen molar-refractivity contribution in [3.05, 3.63) is 65.7 Å². The summed E-state index contributed by atoms with van der Waals surface area (Å²) < 4.78 is 15.0. The lowest BCUT2D eigenvalue weighted by Crippen LogP contribution is -2.05. The van der Waals surface area contributed by atoms with Crippen molar-refractivity contribution in [1.82, 2.24) is 0 Å². The SMILES string of the molecule is COC(=O)C=Cc1ccc(OC(=O)C=Cc2ccc(O)cc2)c(OC)c1. The lowest BCUT2D eigenvalue weighted by atomic mass is 10.2. The average Bonchev–Trinajstić information content (AvgIpc) is 2.66. The molecule has 26 heavy (non-hydrogen) atoms. The van der Waals surface area contributed by atoms with Gasteiger partial charge in [-0.25, -0.2) is 9.59 Å². The third-order valence-electron chi connectivity index (χ3n) is 3.32. The van der Waals surface area contributed by atoms with Gasteiger partial charge >= 0.3 is 11.9 Å². The van der Waals surface area contributed by atoms with Gasteiger partial charge in [0.05, 0.1) is 14.2 Å². The van der Waals surface area contributed by atoms with Gasteiger partial charge in [-0.05, 0) is 47.5 Å². The number of ether oxygens (including phenoxy) is 3. The van der Waals surface area contributed by atoms with Gasteiger partial charge in [-0.15, -0.1) is 0 Å². The molecule has 0 amide bonds. The fraction of sp³-hybridized carbons (Fsp3) is 0.100. The summed E-state index contributed by atoms with van der Waals surface area (Å²) in [5.74, 6) is -0.296. The Labute approximate surface area is 150 Å². The Hall–Kier alpha value is -3.54. The van der Waals surface area contributed by atoms with Crippen LogP contribution in [0.4, 0.5) is 0 Å². The third kappa shape index (κ3) is 5.52. The Morgan fingerprint density at radius 2 is 1.46 bits per heavy atom. The Kier molecular flexibility index (Phi) is 6.56. The molecule has 0 saturated carbocycles. The number of carbonyl (C=O) groups excluding carboxylic acids is 2. The van der Waals surface area contributed by atoms with Crippen LogP contribution in [0.15, 0.2) is 54.6 Å². The Morgan fingerprint density at radius 1 is 0.846 bits per heavy atom. The van der Waals surface area contributed by atoms with Crippen LogP contribution in [-0.2, 0) is 14.3 Å². The van der Waals surface area contributed by atoms with E-state index in [0.29, 0.717) is 11.3 Å². The number of esters is 2. The van der Waals surface area contributed by atoms with Crippen molar-refractivity contribution < 1.29 is 28.9 Å². The maximum absolute atomic E-state index is 12.0. The predicted octanol–water partition coefficient (Wildman–Crippen LogP) is 3.21. The minimum absolute atomic E-state index is 0.149. The summed E-state index contributed by atoms with van der Waals surface area (Å²) in [6.45, 7) is 0. The second-order valence-electron chi connectivity index (χ2n) is 5.11. The van der Waals surface area contributed by atoms with Gasteiger partial charge in [-0.2, -0.15) is 0 Å². The molecule has 0 aromatic heterocycles. The van der Waals surface area contributed by atoms with Crippen molar-refractivity contribution >= 4 is 24.1 Å². The zero-order chi connectivity index (χ0) is 18.9. The molecule has 0 aliphatic heterocycles. The van der Waals surface area contributed by atoms with Crippen molar-refractivity contribution in [3.63, 3.8) is 0 Å². The van der Waals surface area contributed by atoms with Crippen LogP contribution in [0.25, 0.3) is 12.2 Å². The summed E-state index contributed by atoms with van der Waals surface area (Å²) in [6, 6.07) is 11.3. The molecule has 1 N–H and O–H groups in total. The topological polar surface area (TPSA) is 82.1 Å². The highest BCUT2D eigenvalue weighted by Crippen LogP contribution is 2.28. The van der Waals surface area contributed by atoms with Crippen LogP contribution < -0.4 is 9.47 Å². The lowest BCUT2D eigenvalue weighted by molar-refractivity contribution is -0.134. The van der Waals surface area contributed by atoms with Gasteiger partial charge in [0, 0.05) is 12.2 Å². The molecule has 0 fully saturated rings. The highest BCUT2D eigenvalue weighted by molar-refractivity contribution is 5.89. The van der Waals surface area contributed by atoms with E-state index in [1.165, 1.54) is 38.5 Å². The molecule has 0 spiro atoms. The molecule has 0 heterocycles. The number of aromatic hydroxyl groups is 1. The zero-order valence-corrected chi connectivity index (χ0v) is 14.3. The second kappa shape index (κ2) is 9.08. The van der Waals surface area contributed by atoms with E-state index in [9.17, 15) is 14.7 Å². The van der Waals surface area contributed by atoms with E-state index < -0.39 is 11.9 Å². The number of phenols is 1. The average molecular weight is 354 g/mol. The van der Waals surface area contributed by atoms with Crippen LogP contribution in [0.5, 0.6) is 17.2 Å². The quantitative estimate of drug-likeness (QED) is 0.487. The van der Waals surface area contributed by atoms with Crippen LogP contribution in [0.2, 0.25) is 0 Å².